The molecule has 156 valence electrons. The van der Waals surface area contributed by atoms with Crippen LogP contribution in [0.3, 0.4) is 0 Å². The molecule has 30 heavy (non-hydrogen) atoms. The minimum Gasteiger partial charge on any atom is -0.451 e. The first-order valence-electron chi connectivity index (χ1n) is 9.98. The standard InChI is InChI=1S/C23H23NO5S/c1-2-16-7-9-17(10-8-16)14-24(18-11-12-30(27,28)15-18)23(26)22-13-20(25)19-5-3-4-6-21(19)29-22/h3-10,13,18H,2,11-12,14-15H2,1H3/t18-/m0/s1. The number of amides is 1. The van der Waals surface area contributed by atoms with Gasteiger partial charge in [-0.1, -0.05) is 43.3 Å². The van der Waals surface area contributed by atoms with Crippen LogP contribution in [0, 0.1) is 0 Å². The van der Waals surface area contributed by atoms with Gasteiger partial charge in [-0.15, -0.1) is 0 Å². The van der Waals surface area contributed by atoms with Gasteiger partial charge in [-0.05, 0) is 36.1 Å². The van der Waals surface area contributed by atoms with Crippen LogP contribution >= 0.6 is 0 Å². The highest BCUT2D eigenvalue weighted by atomic mass is 32.2. The number of nitrogens with zero attached hydrogens (tertiary/aromatic N) is 1. The summed E-state index contributed by atoms with van der Waals surface area (Å²) in [7, 11) is -3.19. The summed E-state index contributed by atoms with van der Waals surface area (Å²) >= 11 is 0. The van der Waals surface area contributed by atoms with Gasteiger partial charge < -0.3 is 9.32 Å². The van der Waals surface area contributed by atoms with Crippen LogP contribution in [-0.2, 0) is 22.8 Å². The maximum absolute atomic E-state index is 13.4. The predicted molar refractivity (Wildman–Crippen MR) is 115 cm³/mol. The highest BCUT2D eigenvalue weighted by Crippen LogP contribution is 2.23. The zero-order valence-corrected chi connectivity index (χ0v) is 17.5. The molecule has 3 aromatic rings. The van der Waals surface area contributed by atoms with Gasteiger partial charge >= 0.3 is 0 Å². The number of hydrogen-bond acceptors (Lipinski definition) is 5. The Morgan fingerprint density at radius 2 is 1.80 bits per heavy atom. The summed E-state index contributed by atoms with van der Waals surface area (Å²) < 4.78 is 29.8. The minimum absolute atomic E-state index is 0.0535. The fourth-order valence-electron chi connectivity index (χ4n) is 3.82. The Bertz CT molecular complexity index is 1240. The number of carbonyl (C=O) groups is 1. The van der Waals surface area contributed by atoms with Crippen LogP contribution in [0.4, 0.5) is 0 Å². The van der Waals surface area contributed by atoms with Crippen LogP contribution in [0.2, 0.25) is 0 Å². The molecule has 0 spiro atoms. The van der Waals surface area contributed by atoms with Gasteiger partial charge in [0.1, 0.15) is 5.58 Å². The third-order valence-corrected chi connectivity index (χ3v) is 7.29. The van der Waals surface area contributed by atoms with E-state index >= 15 is 0 Å². The first kappa shape index (κ1) is 20.3. The van der Waals surface area contributed by atoms with E-state index in [1.165, 1.54) is 16.5 Å². The molecular weight excluding hydrogens is 402 g/mol. The molecule has 4 rings (SSSR count). The van der Waals surface area contributed by atoms with Gasteiger partial charge in [-0.2, -0.15) is 0 Å². The van der Waals surface area contributed by atoms with E-state index in [-0.39, 0.29) is 29.2 Å². The van der Waals surface area contributed by atoms with E-state index < -0.39 is 21.8 Å². The minimum atomic E-state index is -3.19. The number of carbonyl (C=O) groups excluding carboxylic acids is 1. The van der Waals surface area contributed by atoms with Crippen molar-refractivity contribution >= 4 is 26.7 Å². The molecule has 2 heterocycles. The molecule has 1 fully saturated rings. The van der Waals surface area contributed by atoms with E-state index in [2.05, 4.69) is 6.92 Å². The van der Waals surface area contributed by atoms with Crippen LogP contribution in [0.25, 0.3) is 11.0 Å². The molecule has 7 heteroatoms. The lowest BCUT2D eigenvalue weighted by atomic mass is 10.1. The van der Waals surface area contributed by atoms with Gasteiger partial charge in [0.2, 0.25) is 0 Å². The molecule has 0 radical (unpaired) electrons. The summed E-state index contributed by atoms with van der Waals surface area (Å²) in [4.78, 5) is 27.3. The average Bonchev–Trinajstić information content (AvgIpc) is 3.11. The number of para-hydroxylation sites is 1. The number of aryl methyl sites for hydroxylation is 1. The van der Waals surface area contributed by atoms with Crippen LogP contribution in [0.1, 0.15) is 35.0 Å². The van der Waals surface area contributed by atoms with Gasteiger partial charge in [0.25, 0.3) is 5.91 Å². The van der Waals surface area contributed by atoms with Crippen molar-refractivity contribution in [1.82, 2.24) is 4.90 Å². The van der Waals surface area contributed by atoms with E-state index in [9.17, 15) is 18.0 Å². The molecule has 1 aliphatic heterocycles. The van der Waals surface area contributed by atoms with Crippen molar-refractivity contribution in [2.24, 2.45) is 0 Å². The van der Waals surface area contributed by atoms with Crippen LogP contribution in [-0.4, -0.2) is 36.8 Å². The highest BCUT2D eigenvalue weighted by molar-refractivity contribution is 7.91. The average molecular weight is 426 g/mol. The van der Waals surface area contributed by atoms with E-state index in [1.807, 2.05) is 24.3 Å². The first-order chi connectivity index (χ1) is 14.4. The predicted octanol–water partition coefficient (Wildman–Crippen LogP) is 3.18. The second kappa shape index (κ2) is 8.07. The number of fused-ring (bicyclic) bond motifs is 1. The van der Waals surface area contributed by atoms with Crippen molar-refractivity contribution in [3.63, 3.8) is 0 Å². The molecule has 1 saturated heterocycles. The SMILES string of the molecule is CCc1ccc(CN(C(=O)c2cc(=O)c3ccccc3o2)[C@H]2CCS(=O)(=O)C2)cc1. The lowest BCUT2D eigenvalue weighted by Crippen LogP contribution is -2.40. The van der Waals surface area contributed by atoms with Crippen LogP contribution in [0.15, 0.2) is 63.8 Å². The largest absolute Gasteiger partial charge is 0.451 e. The molecule has 0 bridgehead atoms. The van der Waals surface area contributed by atoms with Gasteiger partial charge in [0, 0.05) is 18.7 Å². The Balaban J connectivity index is 1.71. The van der Waals surface area contributed by atoms with E-state index in [0.717, 1.165) is 12.0 Å². The molecule has 1 atom stereocenters. The van der Waals surface area contributed by atoms with E-state index in [4.69, 9.17) is 4.42 Å². The van der Waals surface area contributed by atoms with E-state index in [1.54, 1.807) is 24.3 Å². The van der Waals surface area contributed by atoms with Crippen LogP contribution in [0.5, 0.6) is 0 Å². The summed E-state index contributed by atoms with van der Waals surface area (Å²) in [6.07, 6.45) is 1.28. The molecule has 0 saturated carbocycles. The maximum Gasteiger partial charge on any atom is 0.290 e. The summed E-state index contributed by atoms with van der Waals surface area (Å²) in [5.74, 6) is -0.575. The number of sulfone groups is 1. The molecule has 0 aliphatic carbocycles. The Labute approximate surface area is 175 Å². The van der Waals surface area contributed by atoms with Crippen molar-refractivity contribution in [1.29, 1.82) is 0 Å². The normalized spacial score (nSPS) is 17.8. The third kappa shape index (κ3) is 4.16. The molecular formula is C23H23NO5S. The summed E-state index contributed by atoms with van der Waals surface area (Å²) in [5.41, 5.74) is 2.11. The molecule has 6 nitrogen and oxygen atoms in total. The van der Waals surface area contributed by atoms with Crippen molar-refractivity contribution in [2.75, 3.05) is 11.5 Å². The quantitative estimate of drug-likeness (QED) is 0.627. The monoisotopic (exact) mass is 425 g/mol. The van der Waals surface area contributed by atoms with Crippen LogP contribution < -0.4 is 5.43 Å². The van der Waals surface area contributed by atoms with Gasteiger partial charge in [-0.3, -0.25) is 9.59 Å². The Morgan fingerprint density at radius 3 is 2.47 bits per heavy atom. The summed E-state index contributed by atoms with van der Waals surface area (Å²) in [5, 5.41) is 0.402. The number of rotatable bonds is 5. The highest BCUT2D eigenvalue weighted by Gasteiger charge is 2.36. The molecule has 0 unspecified atom stereocenters. The number of benzene rings is 2. The van der Waals surface area contributed by atoms with Gasteiger partial charge in [-0.25, -0.2) is 8.42 Å². The molecule has 1 aliphatic rings. The topological polar surface area (TPSA) is 84.7 Å². The van der Waals surface area contributed by atoms with Crippen molar-refractivity contribution < 1.29 is 17.6 Å². The number of hydrogen-bond donors (Lipinski definition) is 0. The fourth-order valence-corrected chi connectivity index (χ4v) is 5.55. The second-order valence-corrected chi connectivity index (χ2v) is 9.86. The van der Waals surface area contributed by atoms with Crippen molar-refractivity contribution in [3.8, 4) is 0 Å². The maximum atomic E-state index is 13.4. The van der Waals surface area contributed by atoms with Crippen molar-refractivity contribution in [2.45, 2.75) is 32.4 Å². The van der Waals surface area contributed by atoms with Crippen molar-refractivity contribution in [3.05, 3.63) is 81.7 Å². The lowest BCUT2D eigenvalue weighted by Gasteiger charge is -2.28. The second-order valence-electron chi connectivity index (χ2n) is 7.63. The Hall–Kier alpha value is -2.93. The van der Waals surface area contributed by atoms with Gasteiger partial charge in [0.15, 0.2) is 21.0 Å². The third-order valence-electron chi connectivity index (χ3n) is 5.54. The summed E-state index contributed by atoms with van der Waals surface area (Å²) in [6, 6.07) is 15.4. The molecule has 1 aromatic heterocycles. The molecule has 2 aromatic carbocycles. The Morgan fingerprint density at radius 1 is 1.10 bits per heavy atom. The van der Waals surface area contributed by atoms with E-state index in [0.29, 0.717) is 17.4 Å². The Kier molecular flexibility index (Phi) is 5.47. The van der Waals surface area contributed by atoms with Gasteiger partial charge in [0.05, 0.1) is 16.9 Å². The zero-order chi connectivity index (χ0) is 21.3. The first-order valence-corrected chi connectivity index (χ1v) is 11.8. The molecule has 1 amide bonds. The summed E-state index contributed by atoms with van der Waals surface area (Å²) in [6.45, 7) is 2.31. The lowest BCUT2D eigenvalue weighted by molar-refractivity contribution is 0.0648. The zero-order valence-electron chi connectivity index (χ0n) is 16.7. The fraction of sp³-hybridized carbons (Fsp3) is 0.304. The molecule has 0 N–H and O–H groups in total. The smallest absolute Gasteiger partial charge is 0.290 e.